The van der Waals surface area contributed by atoms with Crippen LogP contribution in [-0.2, 0) is 4.79 Å². The first-order valence-corrected chi connectivity index (χ1v) is 8.85. The van der Waals surface area contributed by atoms with Gasteiger partial charge < -0.3 is 11.1 Å². The van der Waals surface area contributed by atoms with Crippen molar-refractivity contribution in [3.05, 3.63) is 66.4 Å². The second kappa shape index (κ2) is 8.30. The summed E-state index contributed by atoms with van der Waals surface area (Å²) in [6.07, 6.45) is 1.54. The molecule has 0 atom stereocenters. The minimum atomic E-state index is -0.434. The van der Waals surface area contributed by atoms with Crippen molar-refractivity contribution in [2.24, 2.45) is 16.6 Å². The average molecular weight is 375 g/mol. The van der Waals surface area contributed by atoms with Crippen molar-refractivity contribution in [3.8, 4) is 0 Å². The molecule has 3 aromatic rings. The van der Waals surface area contributed by atoms with Crippen molar-refractivity contribution in [3.63, 3.8) is 0 Å². The standard InChI is InChI=1S/C21H21N5O2/c1-13(2)19(27)25-17-10-6-9-16-18(17)15(11-12-23-16)20(28)26-21(22)24-14-7-4-3-5-8-14/h3-13H,1-2H3,(H,25,27)(H3,22,24,26,28). The highest BCUT2D eigenvalue weighted by molar-refractivity contribution is 6.16. The van der Waals surface area contributed by atoms with E-state index in [9.17, 15) is 9.59 Å². The van der Waals surface area contributed by atoms with E-state index in [2.05, 4.69) is 20.6 Å². The normalized spacial score (nSPS) is 11.5. The molecule has 1 heterocycles. The topological polar surface area (TPSA) is 109 Å². The van der Waals surface area contributed by atoms with Crippen LogP contribution in [0.2, 0.25) is 0 Å². The number of hydrogen-bond donors (Lipinski definition) is 3. The molecule has 0 saturated carbocycles. The summed E-state index contributed by atoms with van der Waals surface area (Å²) in [6.45, 7) is 3.60. The van der Waals surface area contributed by atoms with Gasteiger partial charge in [-0.3, -0.25) is 19.9 Å². The summed E-state index contributed by atoms with van der Waals surface area (Å²) < 4.78 is 0. The Balaban J connectivity index is 1.95. The Morgan fingerprint density at radius 1 is 1.04 bits per heavy atom. The Morgan fingerprint density at radius 3 is 2.50 bits per heavy atom. The molecule has 0 radical (unpaired) electrons. The van der Waals surface area contributed by atoms with Crippen molar-refractivity contribution < 1.29 is 9.59 Å². The van der Waals surface area contributed by atoms with Crippen molar-refractivity contribution in [1.29, 1.82) is 0 Å². The Hall–Kier alpha value is -3.74. The molecule has 0 spiro atoms. The molecular weight excluding hydrogens is 354 g/mol. The maximum atomic E-state index is 12.8. The fraction of sp³-hybridized carbons (Fsp3) is 0.143. The molecule has 28 heavy (non-hydrogen) atoms. The summed E-state index contributed by atoms with van der Waals surface area (Å²) in [7, 11) is 0. The van der Waals surface area contributed by atoms with Gasteiger partial charge in [0, 0.05) is 17.5 Å². The van der Waals surface area contributed by atoms with E-state index in [0.717, 1.165) is 0 Å². The average Bonchev–Trinajstić information content (AvgIpc) is 2.68. The van der Waals surface area contributed by atoms with E-state index in [1.165, 1.54) is 6.20 Å². The summed E-state index contributed by atoms with van der Waals surface area (Å²) in [5.41, 5.74) is 7.96. The first-order valence-electron chi connectivity index (χ1n) is 8.85. The Morgan fingerprint density at radius 2 is 1.79 bits per heavy atom. The number of rotatable bonds is 4. The van der Waals surface area contributed by atoms with Gasteiger partial charge in [-0.15, -0.1) is 0 Å². The highest BCUT2D eigenvalue weighted by Gasteiger charge is 2.17. The Bertz CT molecular complexity index is 1040. The van der Waals surface area contributed by atoms with Crippen molar-refractivity contribution in [1.82, 2.24) is 10.3 Å². The van der Waals surface area contributed by atoms with Gasteiger partial charge in [0.2, 0.25) is 11.9 Å². The Labute approximate surface area is 162 Å². The van der Waals surface area contributed by atoms with Crippen LogP contribution < -0.4 is 16.4 Å². The lowest BCUT2D eigenvalue weighted by molar-refractivity contribution is -0.118. The van der Waals surface area contributed by atoms with Crippen molar-refractivity contribution in [2.45, 2.75) is 13.8 Å². The zero-order valence-corrected chi connectivity index (χ0v) is 15.6. The van der Waals surface area contributed by atoms with Crippen LogP contribution in [0.25, 0.3) is 10.9 Å². The summed E-state index contributed by atoms with van der Waals surface area (Å²) in [5.74, 6) is -0.800. The van der Waals surface area contributed by atoms with Crippen molar-refractivity contribution in [2.75, 3.05) is 5.32 Å². The smallest absolute Gasteiger partial charge is 0.258 e. The number of carbonyl (C=O) groups is 2. The molecule has 2 amide bonds. The lowest BCUT2D eigenvalue weighted by Crippen LogP contribution is -2.36. The van der Waals surface area contributed by atoms with Crippen molar-refractivity contribution >= 4 is 40.1 Å². The lowest BCUT2D eigenvalue weighted by atomic mass is 10.1. The fourth-order valence-electron chi connectivity index (χ4n) is 2.63. The van der Waals surface area contributed by atoms with Gasteiger partial charge in [0.15, 0.2) is 0 Å². The molecule has 0 aliphatic heterocycles. The van der Waals surface area contributed by atoms with E-state index < -0.39 is 5.91 Å². The number of guanidine groups is 1. The highest BCUT2D eigenvalue weighted by atomic mass is 16.2. The number of para-hydroxylation sites is 1. The number of aromatic nitrogens is 1. The zero-order chi connectivity index (χ0) is 20.1. The third kappa shape index (κ3) is 4.32. The molecule has 7 nitrogen and oxygen atoms in total. The van der Waals surface area contributed by atoms with E-state index in [0.29, 0.717) is 27.8 Å². The number of carbonyl (C=O) groups excluding carboxylic acids is 2. The molecule has 1 aromatic heterocycles. The largest absolute Gasteiger partial charge is 0.369 e. The number of nitrogens with one attached hydrogen (secondary N) is 2. The van der Waals surface area contributed by atoms with Crippen LogP contribution in [-0.4, -0.2) is 22.8 Å². The van der Waals surface area contributed by atoms with E-state index in [-0.39, 0.29) is 17.8 Å². The van der Waals surface area contributed by atoms with E-state index in [1.807, 2.05) is 18.2 Å². The van der Waals surface area contributed by atoms with E-state index in [4.69, 9.17) is 5.73 Å². The first-order chi connectivity index (χ1) is 13.5. The number of fused-ring (bicyclic) bond motifs is 1. The molecule has 0 aliphatic carbocycles. The molecule has 0 aliphatic rings. The van der Waals surface area contributed by atoms with Crippen LogP contribution in [0.15, 0.2) is 65.8 Å². The lowest BCUT2D eigenvalue weighted by Gasteiger charge is -2.13. The number of hydrogen-bond acceptors (Lipinski definition) is 4. The number of nitrogens with two attached hydrogens (primary N) is 1. The fourth-order valence-corrected chi connectivity index (χ4v) is 2.63. The monoisotopic (exact) mass is 375 g/mol. The van der Waals surface area contributed by atoms with Gasteiger partial charge in [-0.05, 0) is 30.3 Å². The van der Waals surface area contributed by atoms with Crippen LogP contribution >= 0.6 is 0 Å². The van der Waals surface area contributed by atoms with E-state index in [1.54, 1.807) is 50.2 Å². The van der Waals surface area contributed by atoms with Gasteiger partial charge >= 0.3 is 0 Å². The third-order valence-electron chi connectivity index (χ3n) is 4.04. The van der Waals surface area contributed by atoms with Gasteiger partial charge in [0.05, 0.1) is 22.5 Å². The molecular formula is C21H21N5O2. The van der Waals surface area contributed by atoms with Gasteiger partial charge in [-0.25, -0.2) is 4.99 Å². The molecule has 7 heteroatoms. The molecule has 0 saturated heterocycles. The van der Waals surface area contributed by atoms with Crippen LogP contribution in [0, 0.1) is 5.92 Å². The zero-order valence-electron chi connectivity index (χ0n) is 15.6. The van der Waals surface area contributed by atoms with Crippen LogP contribution in [0.5, 0.6) is 0 Å². The van der Waals surface area contributed by atoms with Crippen LogP contribution in [0.3, 0.4) is 0 Å². The van der Waals surface area contributed by atoms with Gasteiger partial charge in [-0.1, -0.05) is 38.1 Å². The molecule has 0 bridgehead atoms. The maximum absolute atomic E-state index is 12.8. The van der Waals surface area contributed by atoms with Gasteiger partial charge in [0.25, 0.3) is 5.91 Å². The number of nitrogens with zero attached hydrogens (tertiary/aromatic N) is 2. The second-order valence-corrected chi connectivity index (χ2v) is 6.49. The van der Waals surface area contributed by atoms with Gasteiger partial charge in [-0.2, -0.15) is 0 Å². The minimum Gasteiger partial charge on any atom is -0.369 e. The molecule has 0 fully saturated rings. The summed E-state index contributed by atoms with van der Waals surface area (Å²) in [5, 5.41) is 5.99. The predicted octanol–water partition coefficient (Wildman–Crippen LogP) is 3.21. The van der Waals surface area contributed by atoms with Gasteiger partial charge in [0.1, 0.15) is 0 Å². The quantitative estimate of drug-likeness (QED) is 0.480. The maximum Gasteiger partial charge on any atom is 0.258 e. The van der Waals surface area contributed by atoms with Crippen LogP contribution in [0.4, 0.5) is 11.4 Å². The SMILES string of the molecule is CC(C)C(=O)Nc1cccc2nccc(C(=O)NC(N)=Nc3ccccc3)c12. The molecule has 3 rings (SSSR count). The number of aliphatic imine (C=N–C) groups is 1. The molecule has 142 valence electrons. The number of anilines is 1. The van der Waals surface area contributed by atoms with E-state index >= 15 is 0 Å². The summed E-state index contributed by atoms with van der Waals surface area (Å²) in [4.78, 5) is 33.4. The summed E-state index contributed by atoms with van der Waals surface area (Å²) >= 11 is 0. The third-order valence-corrected chi connectivity index (χ3v) is 4.04. The highest BCUT2D eigenvalue weighted by Crippen LogP contribution is 2.26. The van der Waals surface area contributed by atoms with Crippen LogP contribution in [0.1, 0.15) is 24.2 Å². The minimum absolute atomic E-state index is 0.0233. The number of pyridine rings is 1. The number of benzene rings is 2. The molecule has 0 unspecified atom stereocenters. The first kappa shape index (κ1) is 19.0. The summed E-state index contributed by atoms with van der Waals surface area (Å²) in [6, 6.07) is 15.9. The second-order valence-electron chi connectivity index (χ2n) is 6.49. The molecule has 2 aromatic carbocycles. The Kier molecular flexibility index (Phi) is 5.64. The predicted molar refractivity (Wildman–Crippen MR) is 110 cm³/mol. The molecule has 4 N–H and O–H groups in total. The number of amides is 2.